The van der Waals surface area contributed by atoms with Gasteiger partial charge in [0.25, 0.3) is 5.91 Å². The molecule has 1 aromatic heterocycles. The van der Waals surface area contributed by atoms with Crippen molar-refractivity contribution in [1.29, 1.82) is 0 Å². The molecule has 7 heteroatoms. The first kappa shape index (κ1) is 18.6. The van der Waals surface area contributed by atoms with E-state index in [2.05, 4.69) is 16.6 Å². The summed E-state index contributed by atoms with van der Waals surface area (Å²) < 4.78 is 3.86. The Hall–Kier alpha value is -0.750. The third-order valence-corrected chi connectivity index (χ3v) is 6.09. The molecule has 0 saturated heterocycles. The number of carbonyl (C=O) groups excluding carboxylic acids is 1. The zero-order valence-electron chi connectivity index (χ0n) is 12.8. The van der Waals surface area contributed by atoms with Gasteiger partial charge in [-0.05, 0) is 41.4 Å². The van der Waals surface area contributed by atoms with Crippen molar-refractivity contribution in [3.8, 4) is 0 Å². The first-order valence-electron chi connectivity index (χ1n) is 7.40. The van der Waals surface area contributed by atoms with E-state index in [0.717, 1.165) is 23.0 Å². The van der Waals surface area contributed by atoms with Crippen molar-refractivity contribution in [2.24, 2.45) is 0 Å². The van der Waals surface area contributed by atoms with Crippen molar-refractivity contribution >= 4 is 58.1 Å². The number of amides is 1. The van der Waals surface area contributed by atoms with Crippen LogP contribution in [0.4, 0.5) is 5.69 Å². The van der Waals surface area contributed by atoms with Gasteiger partial charge in [0.05, 0.1) is 0 Å². The van der Waals surface area contributed by atoms with E-state index in [1.807, 2.05) is 36.0 Å². The topological polar surface area (TPSA) is 42.0 Å². The van der Waals surface area contributed by atoms with Crippen LogP contribution in [0.3, 0.4) is 0 Å². The molecule has 3 nitrogen and oxygen atoms in total. The zero-order chi connectivity index (χ0) is 16.7. The molecule has 0 unspecified atom stereocenters. The van der Waals surface area contributed by atoms with Crippen LogP contribution in [-0.2, 0) is 5.75 Å². The van der Waals surface area contributed by atoms with Crippen molar-refractivity contribution in [3.05, 3.63) is 44.9 Å². The molecule has 0 atom stereocenters. The van der Waals surface area contributed by atoms with Crippen LogP contribution in [0.25, 0.3) is 0 Å². The Morgan fingerprint density at radius 2 is 2.00 bits per heavy atom. The van der Waals surface area contributed by atoms with Gasteiger partial charge in [-0.25, -0.2) is 0 Å². The van der Waals surface area contributed by atoms with Gasteiger partial charge in [-0.2, -0.15) is 16.1 Å². The number of anilines is 1. The van der Waals surface area contributed by atoms with Crippen LogP contribution in [0.2, 0.25) is 10.2 Å². The van der Waals surface area contributed by atoms with Crippen molar-refractivity contribution in [1.82, 2.24) is 4.37 Å². The molecule has 0 aliphatic heterocycles. The average molecular weight is 389 g/mol. The predicted molar refractivity (Wildman–Crippen MR) is 102 cm³/mol. The third kappa shape index (κ3) is 5.68. The first-order valence-corrected chi connectivity index (χ1v) is 10.1. The van der Waals surface area contributed by atoms with Crippen LogP contribution in [0.5, 0.6) is 0 Å². The highest BCUT2D eigenvalue weighted by atomic mass is 35.5. The van der Waals surface area contributed by atoms with Crippen LogP contribution >= 0.6 is 46.5 Å². The molecule has 0 spiro atoms. The molecule has 0 saturated carbocycles. The van der Waals surface area contributed by atoms with Crippen molar-refractivity contribution in [2.75, 3.05) is 11.1 Å². The molecule has 1 amide bonds. The Labute approximate surface area is 154 Å². The van der Waals surface area contributed by atoms with E-state index in [-0.39, 0.29) is 16.1 Å². The number of hydrogen-bond donors (Lipinski definition) is 1. The van der Waals surface area contributed by atoms with Crippen LogP contribution in [0.15, 0.2) is 24.3 Å². The normalized spacial score (nSPS) is 10.7. The van der Waals surface area contributed by atoms with Crippen LogP contribution < -0.4 is 5.32 Å². The highest BCUT2D eigenvalue weighted by Gasteiger charge is 2.17. The maximum Gasteiger partial charge on any atom is 0.268 e. The smallest absolute Gasteiger partial charge is 0.268 e. The summed E-state index contributed by atoms with van der Waals surface area (Å²) in [7, 11) is 0. The summed E-state index contributed by atoms with van der Waals surface area (Å²) in [6.45, 7) is 2.21. The molecule has 124 valence electrons. The highest BCUT2D eigenvalue weighted by Crippen LogP contribution is 2.29. The SMILES string of the molecule is CCCCCSCc1ccc(NC(=O)c2snc(Cl)c2Cl)cc1. The second-order valence-corrected chi connectivity index (χ2v) is 7.64. The number of aromatic nitrogens is 1. The third-order valence-electron chi connectivity index (χ3n) is 3.18. The van der Waals surface area contributed by atoms with Crippen molar-refractivity contribution in [3.63, 3.8) is 0 Å². The Bertz CT molecular complexity index is 644. The molecule has 2 rings (SSSR count). The van der Waals surface area contributed by atoms with Gasteiger partial charge in [0.15, 0.2) is 5.15 Å². The standard InChI is InChI=1S/C16H18Cl2N2OS2/c1-2-3-4-9-22-10-11-5-7-12(8-6-11)19-16(21)14-13(17)15(18)20-23-14/h5-8H,2-4,9-10H2,1H3,(H,19,21). The Morgan fingerprint density at radius 3 is 2.61 bits per heavy atom. The number of rotatable bonds is 8. The van der Waals surface area contributed by atoms with Gasteiger partial charge in [-0.1, -0.05) is 55.1 Å². The van der Waals surface area contributed by atoms with Gasteiger partial charge in [0, 0.05) is 11.4 Å². The van der Waals surface area contributed by atoms with Crippen LogP contribution in [0, 0.1) is 0 Å². The molecular formula is C16H18Cl2N2OS2. The van der Waals surface area contributed by atoms with Gasteiger partial charge in [-0.15, -0.1) is 0 Å². The largest absolute Gasteiger partial charge is 0.321 e. The second-order valence-electron chi connectivity index (χ2n) is 5.03. The molecule has 23 heavy (non-hydrogen) atoms. The van der Waals surface area contributed by atoms with Crippen LogP contribution in [0.1, 0.15) is 41.4 Å². The minimum absolute atomic E-state index is 0.164. The van der Waals surface area contributed by atoms with Gasteiger partial charge >= 0.3 is 0 Å². The lowest BCUT2D eigenvalue weighted by atomic mass is 10.2. The number of halogens is 2. The molecule has 0 aliphatic carbocycles. The number of carbonyl (C=O) groups is 1. The van der Waals surface area contributed by atoms with E-state index in [0.29, 0.717) is 4.88 Å². The molecule has 1 aromatic carbocycles. The van der Waals surface area contributed by atoms with E-state index in [4.69, 9.17) is 23.2 Å². The maximum absolute atomic E-state index is 12.1. The molecule has 0 bridgehead atoms. The van der Waals surface area contributed by atoms with E-state index < -0.39 is 0 Å². The minimum Gasteiger partial charge on any atom is -0.321 e. The average Bonchev–Trinajstić information content (AvgIpc) is 2.88. The molecule has 0 fully saturated rings. The number of nitrogens with zero attached hydrogens (tertiary/aromatic N) is 1. The zero-order valence-corrected chi connectivity index (χ0v) is 15.9. The molecule has 1 N–H and O–H groups in total. The fraction of sp³-hybridized carbons (Fsp3) is 0.375. The first-order chi connectivity index (χ1) is 11.1. The van der Waals surface area contributed by atoms with E-state index >= 15 is 0 Å². The number of thioether (sulfide) groups is 1. The molecular weight excluding hydrogens is 371 g/mol. The van der Waals surface area contributed by atoms with Gasteiger partial charge in [0.2, 0.25) is 0 Å². The van der Waals surface area contributed by atoms with Gasteiger partial charge < -0.3 is 5.32 Å². The van der Waals surface area contributed by atoms with Gasteiger partial charge in [0.1, 0.15) is 9.90 Å². The maximum atomic E-state index is 12.1. The second kappa shape index (κ2) is 9.52. The lowest BCUT2D eigenvalue weighted by Crippen LogP contribution is -2.10. The summed E-state index contributed by atoms with van der Waals surface area (Å²) in [6.07, 6.45) is 3.82. The summed E-state index contributed by atoms with van der Waals surface area (Å²) in [4.78, 5) is 12.4. The van der Waals surface area contributed by atoms with Crippen molar-refractivity contribution < 1.29 is 4.79 Å². The van der Waals surface area contributed by atoms with Gasteiger partial charge in [-0.3, -0.25) is 4.79 Å². The van der Waals surface area contributed by atoms with Crippen LogP contribution in [-0.4, -0.2) is 16.0 Å². The Balaban J connectivity index is 1.85. The molecule has 2 aromatic rings. The van der Waals surface area contributed by atoms with Crippen molar-refractivity contribution in [2.45, 2.75) is 31.9 Å². The fourth-order valence-electron chi connectivity index (χ4n) is 1.92. The summed E-state index contributed by atoms with van der Waals surface area (Å²) in [5.74, 6) is 1.90. The fourth-order valence-corrected chi connectivity index (χ4v) is 4.01. The number of unbranched alkanes of at least 4 members (excludes halogenated alkanes) is 2. The van der Waals surface area contributed by atoms with E-state index in [1.165, 1.54) is 30.6 Å². The quantitative estimate of drug-likeness (QED) is 0.553. The minimum atomic E-state index is -0.291. The predicted octanol–water partition coefficient (Wildman–Crippen LogP) is 6.13. The molecule has 0 radical (unpaired) electrons. The summed E-state index contributed by atoms with van der Waals surface area (Å²) in [5, 5.41) is 3.17. The highest BCUT2D eigenvalue weighted by molar-refractivity contribution is 7.98. The number of benzene rings is 1. The lowest BCUT2D eigenvalue weighted by Gasteiger charge is -2.06. The number of nitrogens with one attached hydrogen (secondary N) is 1. The van der Waals surface area contributed by atoms with E-state index in [9.17, 15) is 4.79 Å². The van der Waals surface area contributed by atoms with E-state index in [1.54, 1.807) is 0 Å². The monoisotopic (exact) mass is 388 g/mol. The molecule has 1 heterocycles. The summed E-state index contributed by atoms with van der Waals surface area (Å²) in [6, 6.07) is 7.86. The molecule has 0 aliphatic rings. The summed E-state index contributed by atoms with van der Waals surface area (Å²) in [5.41, 5.74) is 1.98. The Kier molecular flexibility index (Phi) is 7.70. The lowest BCUT2D eigenvalue weighted by molar-refractivity contribution is 0.103. The Morgan fingerprint density at radius 1 is 1.26 bits per heavy atom. The number of hydrogen-bond acceptors (Lipinski definition) is 4. The summed E-state index contributed by atoms with van der Waals surface area (Å²) >= 11 is 14.6.